The fraction of sp³-hybridized carbons (Fsp3) is 0.370. The van der Waals surface area contributed by atoms with Crippen molar-refractivity contribution in [3.05, 3.63) is 85.0 Å². The molecule has 1 spiro atoms. The first kappa shape index (κ1) is 21.0. The third-order valence-electron chi connectivity index (χ3n) is 6.94. The summed E-state index contributed by atoms with van der Waals surface area (Å²) >= 11 is 0. The largest absolute Gasteiger partial charge is 0.407 e. The van der Waals surface area contributed by atoms with Gasteiger partial charge in [-0.1, -0.05) is 99.7 Å². The predicted octanol–water partition coefficient (Wildman–Crippen LogP) is 5.04. The summed E-state index contributed by atoms with van der Waals surface area (Å²) in [6.45, 7) is 7.64. The summed E-state index contributed by atoms with van der Waals surface area (Å²) in [4.78, 5) is 11.8. The van der Waals surface area contributed by atoms with Gasteiger partial charge in [0, 0.05) is 24.4 Å². The van der Waals surface area contributed by atoms with E-state index < -0.39 is 8.32 Å². The van der Waals surface area contributed by atoms with Gasteiger partial charge in [-0.2, -0.15) is 0 Å². The van der Waals surface area contributed by atoms with Gasteiger partial charge >= 0.3 is 0 Å². The Morgan fingerprint density at radius 2 is 1.60 bits per heavy atom. The number of hydrogen-bond donors (Lipinski definition) is 0. The zero-order valence-corrected chi connectivity index (χ0v) is 19.3. The zero-order valence-electron chi connectivity index (χ0n) is 18.3. The van der Waals surface area contributed by atoms with Gasteiger partial charge in [0.25, 0.3) is 8.32 Å². The highest BCUT2D eigenvalue weighted by atomic mass is 28.4. The first-order valence-corrected chi connectivity index (χ1v) is 12.9. The van der Waals surface area contributed by atoms with E-state index in [1.54, 1.807) is 6.08 Å². The van der Waals surface area contributed by atoms with E-state index in [-0.39, 0.29) is 16.2 Å². The lowest BCUT2D eigenvalue weighted by Gasteiger charge is -2.45. The van der Waals surface area contributed by atoms with E-state index >= 15 is 0 Å². The fourth-order valence-corrected chi connectivity index (χ4v) is 9.84. The molecule has 0 bridgehead atoms. The molecule has 4 rings (SSSR count). The summed E-state index contributed by atoms with van der Waals surface area (Å²) in [6.07, 6.45) is 11.1. The number of rotatable bonds is 5. The second kappa shape index (κ2) is 8.13. The fourth-order valence-electron chi connectivity index (χ4n) is 5.25. The molecule has 2 aromatic rings. The van der Waals surface area contributed by atoms with Crippen LogP contribution in [0.25, 0.3) is 0 Å². The molecule has 2 atom stereocenters. The van der Waals surface area contributed by atoms with Crippen LogP contribution in [-0.2, 0) is 9.22 Å². The van der Waals surface area contributed by atoms with Crippen molar-refractivity contribution >= 4 is 24.5 Å². The second-order valence-corrected chi connectivity index (χ2v) is 14.1. The Hall–Kier alpha value is -2.23. The second-order valence-electron chi connectivity index (χ2n) is 9.75. The zero-order chi connectivity index (χ0) is 21.2. The van der Waals surface area contributed by atoms with Crippen molar-refractivity contribution in [2.75, 3.05) is 6.61 Å². The molecule has 156 valence electrons. The number of ketones is 1. The molecule has 30 heavy (non-hydrogen) atoms. The van der Waals surface area contributed by atoms with Crippen molar-refractivity contribution in [2.45, 2.75) is 45.1 Å². The van der Waals surface area contributed by atoms with Crippen molar-refractivity contribution in [3.63, 3.8) is 0 Å². The molecule has 0 unspecified atom stereocenters. The van der Waals surface area contributed by atoms with E-state index in [9.17, 15) is 4.79 Å². The standard InChI is InChI=1S/C27H32O2Si/c1-26(2,3)30(24-12-6-4-7-13-24,25-14-8-5-9-15-25)29-21-22-11-10-18-27(22)19-16-23(28)17-20-27/h4-16,19,22H,17-18,20-21H2,1-3H3/t22-,27+/m1/s1. The van der Waals surface area contributed by atoms with Crippen LogP contribution in [0, 0.1) is 11.3 Å². The van der Waals surface area contributed by atoms with E-state index in [1.807, 2.05) is 0 Å². The molecule has 2 aromatic carbocycles. The Balaban J connectivity index is 1.73. The number of allylic oxidation sites excluding steroid dienone is 3. The minimum Gasteiger partial charge on any atom is -0.407 e. The van der Waals surface area contributed by atoms with Crippen molar-refractivity contribution in [2.24, 2.45) is 11.3 Å². The van der Waals surface area contributed by atoms with Crippen molar-refractivity contribution in [1.29, 1.82) is 0 Å². The lowest BCUT2D eigenvalue weighted by Crippen LogP contribution is -2.67. The quantitative estimate of drug-likeness (QED) is 0.504. The molecule has 2 aliphatic rings. The lowest BCUT2D eigenvalue weighted by atomic mass is 9.71. The summed E-state index contributed by atoms with van der Waals surface area (Å²) in [6, 6.07) is 21.6. The maximum absolute atomic E-state index is 11.8. The van der Waals surface area contributed by atoms with Gasteiger partial charge in [-0.05, 0) is 34.3 Å². The number of benzene rings is 2. The van der Waals surface area contributed by atoms with E-state index in [0.29, 0.717) is 18.9 Å². The molecule has 0 aliphatic heterocycles. The highest BCUT2D eigenvalue weighted by Crippen LogP contribution is 2.47. The monoisotopic (exact) mass is 416 g/mol. The minimum atomic E-state index is -2.54. The molecule has 2 aliphatic carbocycles. The number of carbonyl (C=O) groups excluding carboxylic acids is 1. The third kappa shape index (κ3) is 3.65. The molecule has 0 saturated carbocycles. The summed E-state index contributed by atoms with van der Waals surface area (Å²) < 4.78 is 7.17. The average Bonchev–Trinajstić information content (AvgIpc) is 3.13. The van der Waals surface area contributed by atoms with Gasteiger partial charge in [-0.3, -0.25) is 4.79 Å². The van der Waals surface area contributed by atoms with E-state index in [0.717, 1.165) is 12.8 Å². The Morgan fingerprint density at radius 3 is 2.10 bits per heavy atom. The number of carbonyl (C=O) groups is 1. The van der Waals surface area contributed by atoms with Gasteiger partial charge in [0.15, 0.2) is 5.78 Å². The summed E-state index contributed by atoms with van der Waals surface area (Å²) in [5.41, 5.74) is 0.0410. The van der Waals surface area contributed by atoms with E-state index in [2.05, 4.69) is 99.7 Å². The Kier molecular flexibility index (Phi) is 5.69. The van der Waals surface area contributed by atoms with Crippen LogP contribution in [0.3, 0.4) is 0 Å². The predicted molar refractivity (Wildman–Crippen MR) is 127 cm³/mol. The molecule has 0 fully saturated rings. The highest BCUT2D eigenvalue weighted by molar-refractivity contribution is 6.99. The lowest BCUT2D eigenvalue weighted by molar-refractivity contribution is -0.115. The molecule has 0 amide bonds. The Labute approximate surface area is 181 Å². The molecule has 0 N–H and O–H groups in total. The molecule has 2 nitrogen and oxygen atoms in total. The molecule has 0 radical (unpaired) electrons. The third-order valence-corrected chi connectivity index (χ3v) is 11.9. The van der Waals surface area contributed by atoms with Gasteiger partial charge < -0.3 is 4.43 Å². The van der Waals surface area contributed by atoms with E-state index in [4.69, 9.17) is 4.43 Å². The average molecular weight is 417 g/mol. The normalized spacial score (nSPS) is 24.0. The topological polar surface area (TPSA) is 26.3 Å². The van der Waals surface area contributed by atoms with Crippen LogP contribution in [0.4, 0.5) is 0 Å². The van der Waals surface area contributed by atoms with Crippen LogP contribution in [0.1, 0.15) is 40.0 Å². The van der Waals surface area contributed by atoms with Gasteiger partial charge in [0.05, 0.1) is 0 Å². The van der Waals surface area contributed by atoms with E-state index in [1.165, 1.54) is 10.4 Å². The molecule has 0 saturated heterocycles. The Bertz CT molecular complexity index is 900. The van der Waals surface area contributed by atoms with Crippen LogP contribution < -0.4 is 10.4 Å². The first-order chi connectivity index (χ1) is 14.4. The Morgan fingerprint density at radius 1 is 1.00 bits per heavy atom. The molecule has 0 aromatic heterocycles. The molecule has 3 heteroatoms. The van der Waals surface area contributed by atoms with Crippen LogP contribution >= 0.6 is 0 Å². The van der Waals surface area contributed by atoms with Crippen LogP contribution in [0.15, 0.2) is 85.0 Å². The maximum atomic E-state index is 11.8. The van der Waals surface area contributed by atoms with Gasteiger partial charge in [0.1, 0.15) is 0 Å². The molecule has 0 heterocycles. The molecular formula is C27H32O2Si. The van der Waals surface area contributed by atoms with Gasteiger partial charge in [-0.25, -0.2) is 0 Å². The molecular weight excluding hydrogens is 384 g/mol. The SMILES string of the molecule is CC(C)(C)[Si](OC[C@H]1C=CC[C@@]12C=CC(=O)CC2)(c1ccccc1)c1ccccc1. The highest BCUT2D eigenvalue weighted by Gasteiger charge is 2.51. The van der Waals surface area contributed by atoms with Crippen molar-refractivity contribution in [3.8, 4) is 0 Å². The summed E-state index contributed by atoms with van der Waals surface area (Å²) in [5, 5.41) is 2.60. The van der Waals surface area contributed by atoms with Crippen LogP contribution in [0.5, 0.6) is 0 Å². The maximum Gasteiger partial charge on any atom is 0.261 e. The van der Waals surface area contributed by atoms with Crippen molar-refractivity contribution in [1.82, 2.24) is 0 Å². The van der Waals surface area contributed by atoms with Crippen molar-refractivity contribution < 1.29 is 9.22 Å². The van der Waals surface area contributed by atoms with Crippen LogP contribution in [-0.4, -0.2) is 20.7 Å². The summed E-state index contributed by atoms with van der Waals surface area (Å²) in [5.74, 6) is 0.558. The number of hydrogen-bond acceptors (Lipinski definition) is 2. The minimum absolute atomic E-state index is 0.0242. The smallest absolute Gasteiger partial charge is 0.261 e. The van der Waals surface area contributed by atoms with Crippen LogP contribution in [0.2, 0.25) is 5.04 Å². The first-order valence-electron chi connectivity index (χ1n) is 11.0. The summed E-state index contributed by atoms with van der Waals surface area (Å²) in [7, 11) is -2.54. The van der Waals surface area contributed by atoms with Gasteiger partial charge in [0.2, 0.25) is 0 Å². The van der Waals surface area contributed by atoms with Gasteiger partial charge in [-0.15, -0.1) is 0 Å².